The SMILES string of the molecule is Cc1nc(Nc2ncc(C)s2)cc(C2CCCN2C(=O)CN)n1. The van der Waals surface area contributed by atoms with Crippen LogP contribution in [0.25, 0.3) is 0 Å². The van der Waals surface area contributed by atoms with E-state index in [4.69, 9.17) is 5.73 Å². The Labute approximate surface area is 139 Å². The van der Waals surface area contributed by atoms with Crippen LogP contribution in [0, 0.1) is 13.8 Å². The van der Waals surface area contributed by atoms with Crippen molar-refractivity contribution in [3.05, 3.63) is 28.7 Å². The summed E-state index contributed by atoms with van der Waals surface area (Å²) in [7, 11) is 0. The summed E-state index contributed by atoms with van der Waals surface area (Å²) >= 11 is 1.57. The van der Waals surface area contributed by atoms with E-state index < -0.39 is 0 Å². The fourth-order valence-electron chi connectivity index (χ4n) is 2.84. The van der Waals surface area contributed by atoms with Crippen molar-refractivity contribution in [3.63, 3.8) is 0 Å². The Morgan fingerprint density at radius 2 is 2.30 bits per heavy atom. The van der Waals surface area contributed by atoms with Gasteiger partial charge in [0.25, 0.3) is 0 Å². The lowest BCUT2D eigenvalue weighted by molar-refractivity contribution is -0.130. The quantitative estimate of drug-likeness (QED) is 0.888. The van der Waals surface area contributed by atoms with E-state index in [9.17, 15) is 4.79 Å². The molecule has 3 N–H and O–H groups in total. The van der Waals surface area contributed by atoms with Crippen LogP contribution in [0.5, 0.6) is 0 Å². The summed E-state index contributed by atoms with van der Waals surface area (Å²) in [6, 6.07) is 1.88. The van der Waals surface area contributed by atoms with Crippen LogP contribution in [0.2, 0.25) is 0 Å². The summed E-state index contributed by atoms with van der Waals surface area (Å²) in [6.45, 7) is 4.63. The van der Waals surface area contributed by atoms with Gasteiger partial charge in [0.15, 0.2) is 5.13 Å². The second-order valence-corrected chi connectivity index (χ2v) is 6.81. The van der Waals surface area contributed by atoms with E-state index in [1.807, 2.05) is 31.0 Å². The van der Waals surface area contributed by atoms with Crippen LogP contribution < -0.4 is 11.1 Å². The highest BCUT2D eigenvalue weighted by Gasteiger charge is 2.30. The highest BCUT2D eigenvalue weighted by atomic mass is 32.1. The molecule has 0 aliphatic carbocycles. The number of aryl methyl sites for hydroxylation is 2. The Hall–Kier alpha value is -2.06. The van der Waals surface area contributed by atoms with Gasteiger partial charge in [-0.1, -0.05) is 0 Å². The molecule has 0 spiro atoms. The maximum atomic E-state index is 12.0. The monoisotopic (exact) mass is 332 g/mol. The number of nitrogens with zero attached hydrogens (tertiary/aromatic N) is 4. The molecule has 1 atom stereocenters. The first-order valence-electron chi connectivity index (χ1n) is 7.61. The summed E-state index contributed by atoms with van der Waals surface area (Å²) in [5, 5.41) is 4.01. The molecule has 122 valence electrons. The number of anilines is 2. The van der Waals surface area contributed by atoms with Gasteiger partial charge in [-0.2, -0.15) is 0 Å². The average Bonchev–Trinajstić information content (AvgIpc) is 3.15. The number of hydrogen-bond donors (Lipinski definition) is 2. The van der Waals surface area contributed by atoms with Crippen molar-refractivity contribution in [3.8, 4) is 0 Å². The minimum Gasteiger partial charge on any atom is -0.333 e. The van der Waals surface area contributed by atoms with Crippen molar-refractivity contribution in [2.75, 3.05) is 18.4 Å². The highest BCUT2D eigenvalue weighted by molar-refractivity contribution is 7.15. The first-order valence-corrected chi connectivity index (χ1v) is 8.43. The minimum absolute atomic E-state index is 0.0219. The zero-order chi connectivity index (χ0) is 16.4. The molecule has 3 heterocycles. The largest absolute Gasteiger partial charge is 0.333 e. The number of aromatic nitrogens is 3. The highest BCUT2D eigenvalue weighted by Crippen LogP contribution is 2.32. The third-order valence-corrected chi connectivity index (χ3v) is 4.63. The molecule has 8 heteroatoms. The predicted molar refractivity (Wildman–Crippen MR) is 89.6 cm³/mol. The third-order valence-electron chi connectivity index (χ3n) is 3.80. The molecule has 1 aliphatic heterocycles. The van der Waals surface area contributed by atoms with Crippen molar-refractivity contribution in [2.45, 2.75) is 32.7 Å². The number of nitrogens with two attached hydrogens (primary N) is 1. The standard InChI is InChI=1S/C15H20N6OS/c1-9-8-17-15(23-9)20-13-6-11(18-10(2)19-13)12-4-3-5-21(12)14(22)7-16/h6,8,12H,3-5,7,16H2,1-2H3,(H,17,18,19,20). The Balaban J connectivity index is 1.86. The molecule has 0 aromatic carbocycles. The third kappa shape index (κ3) is 3.48. The lowest BCUT2D eigenvalue weighted by Gasteiger charge is -2.24. The number of amides is 1. The van der Waals surface area contributed by atoms with E-state index in [1.165, 1.54) is 0 Å². The van der Waals surface area contributed by atoms with Crippen LogP contribution in [-0.4, -0.2) is 38.8 Å². The van der Waals surface area contributed by atoms with Crippen LogP contribution in [-0.2, 0) is 4.79 Å². The molecule has 0 saturated carbocycles. The molecule has 3 rings (SSSR count). The van der Waals surface area contributed by atoms with Gasteiger partial charge in [0.1, 0.15) is 11.6 Å². The first kappa shape index (κ1) is 15.8. The van der Waals surface area contributed by atoms with Crippen molar-refractivity contribution in [2.24, 2.45) is 5.73 Å². The van der Waals surface area contributed by atoms with Gasteiger partial charge < -0.3 is 16.0 Å². The van der Waals surface area contributed by atoms with E-state index in [1.54, 1.807) is 11.3 Å². The number of carbonyl (C=O) groups is 1. The minimum atomic E-state index is -0.0335. The molecule has 0 radical (unpaired) electrons. The number of likely N-dealkylation sites (tertiary alicyclic amines) is 1. The normalized spacial score (nSPS) is 17.5. The number of nitrogens with one attached hydrogen (secondary N) is 1. The molecule has 1 aliphatic rings. The van der Waals surface area contributed by atoms with Gasteiger partial charge in [0.05, 0.1) is 18.3 Å². The number of hydrogen-bond acceptors (Lipinski definition) is 7. The molecule has 7 nitrogen and oxygen atoms in total. The molecule has 1 amide bonds. The molecule has 2 aromatic rings. The van der Waals surface area contributed by atoms with E-state index in [2.05, 4.69) is 20.3 Å². The lowest BCUT2D eigenvalue weighted by Crippen LogP contribution is -2.35. The summed E-state index contributed by atoms with van der Waals surface area (Å²) in [4.78, 5) is 28.2. The molecule has 0 bridgehead atoms. The maximum Gasteiger partial charge on any atom is 0.236 e. The van der Waals surface area contributed by atoms with E-state index in [0.29, 0.717) is 11.6 Å². The molecule has 1 saturated heterocycles. The molecular weight excluding hydrogens is 312 g/mol. The van der Waals surface area contributed by atoms with Crippen molar-refractivity contribution in [1.29, 1.82) is 0 Å². The van der Waals surface area contributed by atoms with E-state index in [0.717, 1.165) is 35.1 Å². The first-order chi connectivity index (χ1) is 11.1. The van der Waals surface area contributed by atoms with Gasteiger partial charge in [0.2, 0.25) is 5.91 Å². The Morgan fingerprint density at radius 1 is 1.48 bits per heavy atom. The van der Waals surface area contributed by atoms with Crippen molar-refractivity contribution in [1.82, 2.24) is 19.9 Å². The van der Waals surface area contributed by atoms with Gasteiger partial charge in [-0.15, -0.1) is 11.3 Å². The molecule has 1 fully saturated rings. The predicted octanol–water partition coefficient (Wildman–Crippen LogP) is 1.92. The van der Waals surface area contributed by atoms with Crippen molar-refractivity contribution >= 4 is 28.2 Å². The van der Waals surface area contributed by atoms with E-state index in [-0.39, 0.29) is 18.5 Å². The van der Waals surface area contributed by atoms with Gasteiger partial charge in [-0.05, 0) is 26.7 Å². The summed E-state index contributed by atoms with van der Waals surface area (Å²) < 4.78 is 0. The zero-order valence-corrected chi connectivity index (χ0v) is 14.1. The van der Waals surface area contributed by atoms with Crippen LogP contribution in [0.1, 0.15) is 35.3 Å². The molecule has 23 heavy (non-hydrogen) atoms. The topological polar surface area (TPSA) is 97.0 Å². The van der Waals surface area contributed by atoms with Crippen LogP contribution in [0.15, 0.2) is 12.3 Å². The molecule has 1 unspecified atom stereocenters. The van der Waals surface area contributed by atoms with Crippen LogP contribution in [0.3, 0.4) is 0 Å². The van der Waals surface area contributed by atoms with Gasteiger partial charge in [-0.25, -0.2) is 15.0 Å². The van der Waals surface area contributed by atoms with Gasteiger partial charge in [-0.3, -0.25) is 4.79 Å². The summed E-state index contributed by atoms with van der Waals surface area (Å²) in [5.41, 5.74) is 6.37. The summed E-state index contributed by atoms with van der Waals surface area (Å²) in [5.74, 6) is 1.34. The van der Waals surface area contributed by atoms with Crippen LogP contribution >= 0.6 is 11.3 Å². The van der Waals surface area contributed by atoms with Gasteiger partial charge >= 0.3 is 0 Å². The Morgan fingerprint density at radius 3 is 3.00 bits per heavy atom. The zero-order valence-electron chi connectivity index (χ0n) is 13.2. The molecular formula is C15H20N6OS. The van der Waals surface area contributed by atoms with Crippen molar-refractivity contribution < 1.29 is 4.79 Å². The fourth-order valence-corrected chi connectivity index (χ4v) is 3.51. The van der Waals surface area contributed by atoms with Gasteiger partial charge in [0, 0.05) is 23.7 Å². The Kier molecular flexibility index (Phi) is 4.53. The maximum absolute atomic E-state index is 12.0. The van der Waals surface area contributed by atoms with E-state index >= 15 is 0 Å². The lowest BCUT2D eigenvalue weighted by atomic mass is 10.1. The Bertz CT molecular complexity index is 716. The second kappa shape index (κ2) is 6.59. The van der Waals surface area contributed by atoms with Crippen LogP contribution in [0.4, 0.5) is 10.9 Å². The number of thiazole rings is 1. The number of carbonyl (C=O) groups excluding carboxylic acids is 1. The second-order valence-electron chi connectivity index (χ2n) is 5.58. The summed E-state index contributed by atoms with van der Waals surface area (Å²) in [6.07, 6.45) is 3.69. The fraction of sp³-hybridized carbons (Fsp3) is 0.467. The molecule has 2 aromatic heterocycles. The average molecular weight is 332 g/mol. The number of rotatable bonds is 4. The smallest absolute Gasteiger partial charge is 0.236 e.